The van der Waals surface area contributed by atoms with Gasteiger partial charge in [0.25, 0.3) is 5.91 Å². The largest absolute Gasteiger partial charge is 0.338 e. The molecule has 2 aromatic rings. The highest BCUT2D eigenvalue weighted by atomic mass is 35.5. The van der Waals surface area contributed by atoms with E-state index in [4.69, 9.17) is 23.2 Å². The average Bonchev–Trinajstić information content (AvgIpc) is 2.73. The molecule has 0 bridgehead atoms. The summed E-state index contributed by atoms with van der Waals surface area (Å²) in [4.78, 5) is 31.6. The van der Waals surface area contributed by atoms with Gasteiger partial charge in [0.2, 0.25) is 5.91 Å². The highest BCUT2D eigenvalue weighted by Gasteiger charge is 2.25. The Kier molecular flexibility index (Phi) is 8.06. The molecule has 2 aromatic carbocycles. The molecule has 1 aliphatic rings. The molecule has 0 saturated carbocycles. The van der Waals surface area contributed by atoms with E-state index in [0.717, 1.165) is 10.5 Å². The highest BCUT2D eigenvalue weighted by Crippen LogP contribution is 2.32. The Labute approximate surface area is 191 Å². The molecule has 160 valence electrons. The van der Waals surface area contributed by atoms with Gasteiger partial charge < -0.3 is 14.7 Å². The van der Waals surface area contributed by atoms with E-state index < -0.39 is 0 Å². The number of amides is 2. The second-order valence-electron chi connectivity index (χ2n) is 7.47. The van der Waals surface area contributed by atoms with Crippen LogP contribution in [0.5, 0.6) is 0 Å². The number of benzene rings is 2. The zero-order chi connectivity index (χ0) is 21.7. The topological polar surface area (TPSA) is 43.9 Å². The number of hydrogen-bond acceptors (Lipinski definition) is 4. The number of rotatable bonds is 6. The third kappa shape index (κ3) is 6.14. The summed E-state index contributed by atoms with van der Waals surface area (Å²) in [6.07, 6.45) is 0. The second-order valence-corrected chi connectivity index (χ2v) is 9.34. The number of likely N-dealkylation sites (N-methyl/N-ethyl adjacent to an activating group) is 1. The van der Waals surface area contributed by atoms with Crippen LogP contribution < -0.4 is 0 Å². The maximum atomic E-state index is 12.9. The van der Waals surface area contributed by atoms with E-state index in [1.807, 2.05) is 59.1 Å². The maximum absolute atomic E-state index is 12.9. The molecule has 2 amide bonds. The number of halogens is 2. The first kappa shape index (κ1) is 22.9. The summed E-state index contributed by atoms with van der Waals surface area (Å²) in [5.74, 6) is 0.793. The van der Waals surface area contributed by atoms with Gasteiger partial charge in [0.15, 0.2) is 0 Å². The molecule has 1 saturated heterocycles. The maximum Gasteiger partial charge on any atom is 0.253 e. The van der Waals surface area contributed by atoms with Gasteiger partial charge in [0, 0.05) is 47.4 Å². The fourth-order valence-corrected chi connectivity index (χ4v) is 4.69. The molecule has 0 N–H and O–H groups in total. The highest BCUT2D eigenvalue weighted by molar-refractivity contribution is 7.98. The first-order valence-corrected chi connectivity index (χ1v) is 11.5. The quantitative estimate of drug-likeness (QED) is 0.601. The van der Waals surface area contributed by atoms with E-state index >= 15 is 0 Å². The van der Waals surface area contributed by atoms with Gasteiger partial charge in [-0.15, -0.1) is 11.8 Å². The van der Waals surface area contributed by atoms with Crippen molar-refractivity contribution in [3.05, 3.63) is 63.6 Å². The van der Waals surface area contributed by atoms with Gasteiger partial charge in [-0.3, -0.25) is 9.59 Å². The molecule has 1 fully saturated rings. The van der Waals surface area contributed by atoms with Gasteiger partial charge in [-0.05, 0) is 50.0 Å². The van der Waals surface area contributed by atoms with Gasteiger partial charge in [-0.25, -0.2) is 0 Å². The van der Waals surface area contributed by atoms with Crippen molar-refractivity contribution in [2.24, 2.45) is 0 Å². The van der Waals surface area contributed by atoms with Crippen molar-refractivity contribution in [2.45, 2.75) is 10.6 Å². The average molecular weight is 466 g/mol. The summed E-state index contributed by atoms with van der Waals surface area (Å²) >= 11 is 13.9. The molecule has 0 spiro atoms. The molecule has 1 aliphatic heterocycles. The molecule has 3 rings (SSSR count). The Morgan fingerprint density at radius 3 is 2.40 bits per heavy atom. The fourth-order valence-electron chi connectivity index (χ4n) is 3.26. The first-order chi connectivity index (χ1) is 14.3. The Hall–Kier alpha value is -1.73. The number of hydrogen-bond donors (Lipinski definition) is 0. The Morgan fingerprint density at radius 1 is 1.00 bits per heavy atom. The van der Waals surface area contributed by atoms with Crippen molar-refractivity contribution in [3.63, 3.8) is 0 Å². The van der Waals surface area contributed by atoms with E-state index in [1.54, 1.807) is 23.9 Å². The molecular weight excluding hydrogens is 441 g/mol. The lowest BCUT2D eigenvalue weighted by atomic mass is 10.1. The lowest BCUT2D eigenvalue weighted by Crippen LogP contribution is -2.52. The molecule has 0 radical (unpaired) electrons. The normalized spacial score (nSPS) is 14.3. The number of carbonyl (C=O) groups excluding carboxylic acids is 2. The number of piperazine rings is 1. The van der Waals surface area contributed by atoms with Crippen LogP contribution in [-0.2, 0) is 10.5 Å². The van der Waals surface area contributed by atoms with Gasteiger partial charge >= 0.3 is 0 Å². The SMILES string of the molecule is CN(C)CC(=O)N1CCN(C(=O)c2cccc(CSc3cc(Cl)ccc3Cl)c2)CC1. The molecule has 0 aliphatic carbocycles. The summed E-state index contributed by atoms with van der Waals surface area (Å²) in [6, 6.07) is 13.1. The van der Waals surface area contributed by atoms with E-state index in [0.29, 0.717) is 54.1 Å². The summed E-state index contributed by atoms with van der Waals surface area (Å²) in [5.41, 5.74) is 1.71. The van der Waals surface area contributed by atoms with Crippen molar-refractivity contribution in [1.29, 1.82) is 0 Å². The molecule has 1 heterocycles. The van der Waals surface area contributed by atoms with Crippen LogP contribution in [-0.4, -0.2) is 73.3 Å². The summed E-state index contributed by atoms with van der Waals surface area (Å²) in [6.45, 7) is 2.64. The summed E-state index contributed by atoms with van der Waals surface area (Å²) in [7, 11) is 3.76. The third-order valence-electron chi connectivity index (χ3n) is 4.83. The van der Waals surface area contributed by atoms with E-state index in [9.17, 15) is 9.59 Å². The number of thioether (sulfide) groups is 1. The van der Waals surface area contributed by atoms with Crippen molar-refractivity contribution >= 4 is 46.8 Å². The van der Waals surface area contributed by atoms with Crippen LogP contribution in [0.3, 0.4) is 0 Å². The summed E-state index contributed by atoms with van der Waals surface area (Å²) < 4.78 is 0. The fraction of sp³-hybridized carbons (Fsp3) is 0.364. The van der Waals surface area contributed by atoms with E-state index in [2.05, 4.69) is 0 Å². The van der Waals surface area contributed by atoms with Crippen molar-refractivity contribution < 1.29 is 9.59 Å². The van der Waals surface area contributed by atoms with Crippen LogP contribution >= 0.6 is 35.0 Å². The monoisotopic (exact) mass is 465 g/mol. The third-order valence-corrected chi connectivity index (χ3v) is 6.64. The minimum atomic E-state index is 0.00217. The Balaban J connectivity index is 1.58. The standard InChI is InChI=1S/C22H25Cl2N3O2S/c1-25(2)14-21(28)26-8-10-27(11-9-26)22(29)17-5-3-4-16(12-17)15-30-20-13-18(23)6-7-19(20)24/h3-7,12-13H,8-11,14-15H2,1-2H3. The minimum absolute atomic E-state index is 0.00217. The zero-order valence-corrected chi connectivity index (χ0v) is 19.4. The molecule has 0 atom stereocenters. The smallest absolute Gasteiger partial charge is 0.253 e. The predicted molar refractivity (Wildman–Crippen MR) is 124 cm³/mol. The number of nitrogens with zero attached hydrogens (tertiary/aromatic N) is 3. The molecule has 0 unspecified atom stereocenters. The van der Waals surface area contributed by atoms with Gasteiger partial charge in [0.1, 0.15) is 0 Å². The lowest BCUT2D eigenvalue weighted by Gasteiger charge is -2.35. The van der Waals surface area contributed by atoms with Crippen LogP contribution in [0.15, 0.2) is 47.4 Å². The minimum Gasteiger partial charge on any atom is -0.338 e. The van der Waals surface area contributed by atoms with Crippen molar-refractivity contribution in [2.75, 3.05) is 46.8 Å². The molecule has 0 aromatic heterocycles. The van der Waals surface area contributed by atoms with Crippen LogP contribution in [0.1, 0.15) is 15.9 Å². The lowest BCUT2D eigenvalue weighted by molar-refractivity contribution is -0.133. The van der Waals surface area contributed by atoms with Crippen LogP contribution in [0.2, 0.25) is 10.0 Å². The first-order valence-electron chi connectivity index (χ1n) is 9.72. The van der Waals surface area contributed by atoms with E-state index in [-0.39, 0.29) is 11.8 Å². The second kappa shape index (κ2) is 10.5. The summed E-state index contributed by atoms with van der Waals surface area (Å²) in [5, 5.41) is 1.31. The predicted octanol–water partition coefficient (Wildman–Crippen LogP) is 4.13. The number of carbonyl (C=O) groups is 2. The van der Waals surface area contributed by atoms with Gasteiger partial charge in [-0.1, -0.05) is 35.3 Å². The Morgan fingerprint density at radius 2 is 1.70 bits per heavy atom. The van der Waals surface area contributed by atoms with Crippen molar-refractivity contribution in [3.8, 4) is 0 Å². The van der Waals surface area contributed by atoms with Crippen molar-refractivity contribution in [1.82, 2.24) is 14.7 Å². The molecule has 8 heteroatoms. The van der Waals surface area contributed by atoms with Gasteiger partial charge in [0.05, 0.1) is 11.6 Å². The van der Waals surface area contributed by atoms with Crippen LogP contribution in [0.4, 0.5) is 0 Å². The molecular formula is C22H25Cl2N3O2S. The van der Waals surface area contributed by atoms with E-state index in [1.165, 1.54) is 0 Å². The zero-order valence-electron chi connectivity index (χ0n) is 17.1. The van der Waals surface area contributed by atoms with Gasteiger partial charge in [-0.2, -0.15) is 0 Å². The molecule has 5 nitrogen and oxygen atoms in total. The van der Waals surface area contributed by atoms with Crippen LogP contribution in [0, 0.1) is 0 Å². The molecule has 30 heavy (non-hydrogen) atoms. The van der Waals surface area contributed by atoms with Crippen LogP contribution in [0.25, 0.3) is 0 Å². The Bertz CT molecular complexity index is 915.